The maximum atomic E-state index is 12.7. The molecule has 0 radical (unpaired) electrons. The normalized spacial score (nSPS) is 11.0. The summed E-state index contributed by atoms with van der Waals surface area (Å²) in [6, 6.07) is 13.3. The van der Waals surface area contributed by atoms with E-state index >= 15 is 0 Å². The van der Waals surface area contributed by atoms with Crippen LogP contribution >= 0.6 is 23.4 Å². The van der Waals surface area contributed by atoms with E-state index < -0.39 is 0 Å². The van der Waals surface area contributed by atoms with Crippen molar-refractivity contribution >= 4 is 46.3 Å². The number of hydrogen-bond donors (Lipinski definition) is 1. The summed E-state index contributed by atoms with van der Waals surface area (Å²) in [5.41, 5.74) is 2.34. The molecule has 2 aromatic carbocycles. The van der Waals surface area contributed by atoms with Gasteiger partial charge in [0.15, 0.2) is 0 Å². The van der Waals surface area contributed by atoms with Crippen LogP contribution in [0.25, 0.3) is 11.0 Å². The molecular weight excluding hydrogens is 342 g/mol. The number of nitrogens with one attached hydrogen (secondary N) is 1. The van der Waals surface area contributed by atoms with Crippen molar-refractivity contribution in [1.82, 2.24) is 9.55 Å². The molecule has 0 unspecified atom stereocenters. The summed E-state index contributed by atoms with van der Waals surface area (Å²) in [6.45, 7) is 2.88. The Balaban J connectivity index is 1.97. The number of thioether (sulfide) groups is 1. The minimum atomic E-state index is -0.247. The number of fused-ring (bicyclic) bond motifs is 1. The zero-order chi connectivity index (χ0) is 17.1. The third kappa shape index (κ3) is 3.28. The van der Waals surface area contributed by atoms with Crippen LogP contribution in [0, 0.1) is 0 Å². The van der Waals surface area contributed by atoms with Crippen LogP contribution in [0.1, 0.15) is 23.7 Å². The maximum absolute atomic E-state index is 12.7. The molecule has 0 spiro atoms. The van der Waals surface area contributed by atoms with E-state index in [0.717, 1.165) is 28.9 Å². The topological polar surface area (TPSA) is 46.9 Å². The molecule has 3 aromatic rings. The number of nitrogens with zero attached hydrogens (tertiary/aromatic N) is 2. The van der Waals surface area contributed by atoms with Gasteiger partial charge >= 0.3 is 0 Å². The predicted molar refractivity (Wildman–Crippen MR) is 101 cm³/mol. The molecule has 1 heterocycles. The van der Waals surface area contributed by atoms with Gasteiger partial charge in [-0.25, -0.2) is 4.98 Å². The van der Waals surface area contributed by atoms with Gasteiger partial charge in [-0.2, -0.15) is 0 Å². The molecule has 24 heavy (non-hydrogen) atoms. The highest BCUT2D eigenvalue weighted by molar-refractivity contribution is 7.98. The Kier molecular flexibility index (Phi) is 5.11. The van der Waals surface area contributed by atoms with Crippen molar-refractivity contribution in [3.63, 3.8) is 0 Å². The highest BCUT2D eigenvalue weighted by atomic mass is 35.5. The zero-order valence-electron chi connectivity index (χ0n) is 13.5. The van der Waals surface area contributed by atoms with Crippen LogP contribution in [0.2, 0.25) is 5.02 Å². The highest BCUT2D eigenvalue weighted by Crippen LogP contribution is 2.25. The second kappa shape index (κ2) is 7.28. The van der Waals surface area contributed by atoms with Crippen molar-refractivity contribution < 1.29 is 4.79 Å². The Morgan fingerprint density at radius 3 is 2.83 bits per heavy atom. The third-order valence-corrected chi connectivity index (χ3v) is 4.80. The fraction of sp³-hybridized carbons (Fsp3) is 0.222. The minimum Gasteiger partial charge on any atom is -0.310 e. The number of halogens is 1. The first-order valence-corrected chi connectivity index (χ1v) is 9.34. The predicted octanol–water partition coefficient (Wildman–Crippen LogP) is 5.07. The smallest absolute Gasteiger partial charge is 0.259 e. The second-order valence-electron chi connectivity index (χ2n) is 5.38. The van der Waals surface area contributed by atoms with Gasteiger partial charge in [-0.05, 0) is 43.0 Å². The van der Waals surface area contributed by atoms with E-state index in [4.69, 9.17) is 11.6 Å². The van der Waals surface area contributed by atoms with Gasteiger partial charge in [0.05, 0.1) is 21.6 Å². The van der Waals surface area contributed by atoms with Crippen molar-refractivity contribution in [2.45, 2.75) is 24.8 Å². The molecule has 4 nitrogen and oxygen atoms in total. The lowest BCUT2D eigenvalue weighted by molar-refractivity contribution is 0.102. The largest absolute Gasteiger partial charge is 0.310 e. The molecule has 0 aliphatic heterocycles. The van der Waals surface area contributed by atoms with Gasteiger partial charge in [0.2, 0.25) is 5.95 Å². The van der Waals surface area contributed by atoms with Crippen molar-refractivity contribution in [2.24, 2.45) is 0 Å². The number of aryl methyl sites for hydroxylation is 1. The zero-order valence-corrected chi connectivity index (χ0v) is 15.1. The number of carbonyl (C=O) groups excluding carboxylic acids is 1. The lowest BCUT2D eigenvalue weighted by Crippen LogP contribution is -2.16. The van der Waals surface area contributed by atoms with Gasteiger partial charge in [-0.1, -0.05) is 30.7 Å². The van der Waals surface area contributed by atoms with E-state index in [-0.39, 0.29) is 5.91 Å². The van der Waals surface area contributed by atoms with E-state index in [1.807, 2.05) is 41.2 Å². The molecule has 0 saturated carbocycles. The van der Waals surface area contributed by atoms with Crippen LogP contribution in [-0.2, 0) is 6.54 Å². The van der Waals surface area contributed by atoms with E-state index in [1.165, 1.54) is 0 Å². The van der Waals surface area contributed by atoms with Crippen LogP contribution in [0.5, 0.6) is 0 Å². The number of benzene rings is 2. The van der Waals surface area contributed by atoms with Gasteiger partial charge in [0, 0.05) is 11.4 Å². The van der Waals surface area contributed by atoms with Crippen LogP contribution in [-0.4, -0.2) is 21.7 Å². The van der Waals surface area contributed by atoms with Gasteiger partial charge < -0.3 is 4.57 Å². The molecule has 0 aliphatic rings. The second-order valence-corrected chi connectivity index (χ2v) is 6.66. The SMILES string of the molecule is CCCn1c(NC(=O)c2cc(SC)ccc2Cl)nc2ccccc21. The molecule has 124 valence electrons. The summed E-state index contributed by atoms with van der Waals surface area (Å²) in [6.07, 6.45) is 2.91. The van der Waals surface area contributed by atoms with Crippen molar-refractivity contribution in [3.8, 4) is 0 Å². The Bertz CT molecular complexity index is 891. The number of imidazole rings is 1. The lowest BCUT2D eigenvalue weighted by Gasteiger charge is -2.10. The van der Waals surface area contributed by atoms with Gasteiger partial charge in [0.1, 0.15) is 0 Å². The van der Waals surface area contributed by atoms with Crippen molar-refractivity contribution in [2.75, 3.05) is 11.6 Å². The Morgan fingerprint density at radius 2 is 2.08 bits per heavy atom. The Hall–Kier alpha value is -1.98. The summed E-state index contributed by atoms with van der Waals surface area (Å²) >= 11 is 7.77. The number of carbonyl (C=O) groups is 1. The molecule has 1 aromatic heterocycles. The average molecular weight is 360 g/mol. The molecule has 0 atom stereocenters. The summed E-state index contributed by atoms with van der Waals surface area (Å²) in [7, 11) is 0. The molecule has 0 saturated heterocycles. The van der Waals surface area contributed by atoms with Gasteiger partial charge in [-0.15, -0.1) is 11.8 Å². The van der Waals surface area contributed by atoms with Crippen LogP contribution in [0.15, 0.2) is 47.4 Å². The molecule has 3 rings (SSSR count). The monoisotopic (exact) mass is 359 g/mol. The standard InChI is InChI=1S/C18H18ClN3OS/c1-3-10-22-16-7-5-4-6-15(16)20-18(22)21-17(23)13-11-12(24-2)8-9-14(13)19/h4-9,11H,3,10H2,1-2H3,(H,20,21,23). The number of anilines is 1. The minimum absolute atomic E-state index is 0.247. The molecule has 1 N–H and O–H groups in total. The third-order valence-electron chi connectivity index (χ3n) is 3.75. The summed E-state index contributed by atoms with van der Waals surface area (Å²) < 4.78 is 2.03. The number of aromatic nitrogens is 2. The quantitative estimate of drug-likeness (QED) is 0.646. The average Bonchev–Trinajstić information content (AvgIpc) is 2.93. The Morgan fingerprint density at radius 1 is 1.29 bits per heavy atom. The maximum Gasteiger partial charge on any atom is 0.259 e. The first-order valence-electron chi connectivity index (χ1n) is 7.74. The number of hydrogen-bond acceptors (Lipinski definition) is 3. The van der Waals surface area contributed by atoms with E-state index in [9.17, 15) is 4.79 Å². The summed E-state index contributed by atoms with van der Waals surface area (Å²) in [5, 5.41) is 3.35. The summed E-state index contributed by atoms with van der Waals surface area (Å²) in [4.78, 5) is 18.2. The number of para-hydroxylation sites is 2. The van der Waals surface area contributed by atoms with E-state index in [1.54, 1.807) is 23.9 Å². The van der Waals surface area contributed by atoms with E-state index in [2.05, 4.69) is 17.2 Å². The van der Waals surface area contributed by atoms with Crippen LogP contribution in [0.4, 0.5) is 5.95 Å². The fourth-order valence-corrected chi connectivity index (χ4v) is 3.24. The van der Waals surface area contributed by atoms with Crippen molar-refractivity contribution in [3.05, 3.63) is 53.1 Å². The number of rotatable bonds is 5. The van der Waals surface area contributed by atoms with Crippen molar-refractivity contribution in [1.29, 1.82) is 0 Å². The highest BCUT2D eigenvalue weighted by Gasteiger charge is 2.16. The lowest BCUT2D eigenvalue weighted by atomic mass is 10.2. The summed E-state index contributed by atoms with van der Waals surface area (Å²) in [5.74, 6) is 0.303. The molecule has 0 aliphatic carbocycles. The van der Waals surface area contributed by atoms with Gasteiger partial charge in [0.25, 0.3) is 5.91 Å². The molecule has 0 fully saturated rings. The van der Waals surface area contributed by atoms with Crippen LogP contribution < -0.4 is 5.32 Å². The molecule has 6 heteroatoms. The Labute approximate surface area is 150 Å². The molecule has 0 bridgehead atoms. The van der Waals surface area contributed by atoms with Gasteiger partial charge in [-0.3, -0.25) is 10.1 Å². The molecule has 1 amide bonds. The number of amides is 1. The molecular formula is C18H18ClN3OS. The van der Waals surface area contributed by atoms with E-state index in [0.29, 0.717) is 16.5 Å². The first-order chi connectivity index (χ1) is 11.6. The fourth-order valence-electron chi connectivity index (χ4n) is 2.60. The first kappa shape index (κ1) is 16.9. The van der Waals surface area contributed by atoms with Crippen LogP contribution in [0.3, 0.4) is 0 Å².